The lowest BCUT2D eigenvalue weighted by Gasteiger charge is -2.60. The molecule has 1 N–H and O–H groups in total. The molecule has 156 valence electrons. The van der Waals surface area contributed by atoms with Gasteiger partial charge in [-0.3, -0.25) is 14.4 Å². The van der Waals surface area contributed by atoms with Crippen molar-refractivity contribution in [3.05, 3.63) is 0 Å². The first-order valence-corrected chi connectivity index (χ1v) is 11.0. The van der Waals surface area contributed by atoms with Gasteiger partial charge in [0.15, 0.2) is 5.78 Å². The van der Waals surface area contributed by atoms with Crippen molar-refractivity contribution >= 4 is 17.5 Å². The molecule has 4 fully saturated rings. The van der Waals surface area contributed by atoms with E-state index in [2.05, 4.69) is 6.92 Å². The minimum absolute atomic E-state index is 0.0110. The first-order chi connectivity index (χ1) is 13.0. The summed E-state index contributed by atoms with van der Waals surface area (Å²) in [6.45, 7) is 7.18. The van der Waals surface area contributed by atoms with Gasteiger partial charge < -0.3 is 9.84 Å². The van der Waals surface area contributed by atoms with Gasteiger partial charge in [0.2, 0.25) is 0 Å². The third kappa shape index (κ3) is 2.57. The van der Waals surface area contributed by atoms with E-state index in [0.717, 1.165) is 38.5 Å². The van der Waals surface area contributed by atoms with Crippen LogP contribution in [0.3, 0.4) is 0 Å². The van der Waals surface area contributed by atoms with Crippen LogP contribution < -0.4 is 0 Å². The van der Waals surface area contributed by atoms with E-state index in [4.69, 9.17) is 4.74 Å². The Hall–Kier alpha value is -1.23. The van der Waals surface area contributed by atoms with Crippen molar-refractivity contribution in [3.8, 4) is 0 Å². The summed E-state index contributed by atoms with van der Waals surface area (Å²) in [6.07, 6.45) is 6.19. The molecule has 0 unspecified atom stereocenters. The highest BCUT2D eigenvalue weighted by molar-refractivity contribution is 5.90. The molecule has 0 amide bonds. The smallest absolute Gasteiger partial charge is 0.302 e. The number of ketones is 2. The molecule has 0 radical (unpaired) electrons. The highest BCUT2D eigenvalue weighted by Crippen LogP contribution is 2.67. The Morgan fingerprint density at radius 3 is 2.43 bits per heavy atom. The number of fused-ring (bicyclic) bond motifs is 5. The molecule has 0 saturated heterocycles. The minimum Gasteiger partial charge on any atom is -0.463 e. The molecule has 4 aliphatic carbocycles. The summed E-state index contributed by atoms with van der Waals surface area (Å²) in [5.74, 6) is 0.722. The van der Waals surface area contributed by atoms with Gasteiger partial charge in [0.05, 0.1) is 0 Å². The SMILES string of the molecule is CC(=O)O[C@H]1CC[C@@]2(C)[C@@H](CC[C@@H]3[C@@H]2C(=O)C[C@@]2(C)[C@H]3CC[C@]2(O)C(C)=O)C1. The van der Waals surface area contributed by atoms with Crippen LogP contribution in [0.25, 0.3) is 0 Å². The molecule has 5 nitrogen and oxygen atoms in total. The molecular weight excluding hydrogens is 356 g/mol. The van der Waals surface area contributed by atoms with Gasteiger partial charge in [-0.05, 0) is 75.0 Å². The van der Waals surface area contributed by atoms with Crippen LogP contribution in [0.5, 0.6) is 0 Å². The van der Waals surface area contributed by atoms with Crippen molar-refractivity contribution in [1.82, 2.24) is 0 Å². The number of rotatable bonds is 2. The first kappa shape index (κ1) is 20.1. The Balaban J connectivity index is 1.63. The fraction of sp³-hybridized carbons (Fsp3) is 0.870. The molecule has 0 aromatic carbocycles. The predicted molar refractivity (Wildman–Crippen MR) is 103 cm³/mol. The second-order valence-corrected chi connectivity index (χ2v) is 10.5. The van der Waals surface area contributed by atoms with E-state index in [1.54, 1.807) is 0 Å². The molecule has 0 spiro atoms. The van der Waals surface area contributed by atoms with E-state index in [1.807, 2.05) is 6.92 Å². The number of carbonyl (C=O) groups is 3. The van der Waals surface area contributed by atoms with Gasteiger partial charge >= 0.3 is 5.97 Å². The van der Waals surface area contributed by atoms with Gasteiger partial charge in [-0.2, -0.15) is 0 Å². The Morgan fingerprint density at radius 2 is 1.79 bits per heavy atom. The monoisotopic (exact) mass is 390 g/mol. The van der Waals surface area contributed by atoms with Crippen LogP contribution in [0.2, 0.25) is 0 Å². The lowest BCUT2D eigenvalue weighted by molar-refractivity contribution is -0.181. The predicted octanol–water partition coefficient (Wildman–Crippen LogP) is 3.46. The van der Waals surface area contributed by atoms with Crippen LogP contribution in [0.15, 0.2) is 0 Å². The number of hydrogen-bond acceptors (Lipinski definition) is 5. The summed E-state index contributed by atoms with van der Waals surface area (Å²) >= 11 is 0. The summed E-state index contributed by atoms with van der Waals surface area (Å²) in [6, 6.07) is 0. The van der Waals surface area contributed by atoms with Crippen LogP contribution >= 0.6 is 0 Å². The van der Waals surface area contributed by atoms with E-state index in [0.29, 0.717) is 18.8 Å². The fourth-order valence-electron chi connectivity index (χ4n) is 7.96. The van der Waals surface area contributed by atoms with Gasteiger partial charge in [-0.25, -0.2) is 0 Å². The van der Waals surface area contributed by atoms with E-state index >= 15 is 0 Å². The molecule has 0 bridgehead atoms. The third-order valence-electron chi connectivity index (χ3n) is 9.37. The number of aliphatic hydroxyl groups is 1. The van der Waals surface area contributed by atoms with Crippen LogP contribution in [0, 0.1) is 34.5 Å². The molecule has 0 aliphatic heterocycles. The average molecular weight is 391 g/mol. The largest absolute Gasteiger partial charge is 0.463 e. The maximum Gasteiger partial charge on any atom is 0.302 e. The number of carbonyl (C=O) groups excluding carboxylic acids is 3. The Kier molecular flexibility index (Phi) is 4.57. The minimum atomic E-state index is -1.36. The highest BCUT2D eigenvalue weighted by atomic mass is 16.5. The van der Waals surface area contributed by atoms with Crippen LogP contribution in [-0.4, -0.2) is 34.3 Å². The van der Waals surface area contributed by atoms with Gasteiger partial charge in [-0.1, -0.05) is 13.8 Å². The summed E-state index contributed by atoms with van der Waals surface area (Å²) in [5, 5.41) is 11.2. The summed E-state index contributed by atoms with van der Waals surface area (Å²) in [5.41, 5.74) is -2.05. The molecule has 0 aromatic heterocycles. The van der Waals surface area contributed by atoms with Gasteiger partial charge in [0, 0.05) is 24.7 Å². The zero-order valence-electron chi connectivity index (χ0n) is 17.6. The van der Waals surface area contributed by atoms with Crippen molar-refractivity contribution < 1.29 is 24.2 Å². The molecule has 0 heterocycles. The van der Waals surface area contributed by atoms with E-state index in [1.165, 1.54) is 13.8 Å². The van der Waals surface area contributed by atoms with E-state index in [-0.39, 0.29) is 46.8 Å². The third-order valence-corrected chi connectivity index (χ3v) is 9.37. The molecule has 0 aromatic rings. The molecule has 5 heteroatoms. The number of Topliss-reactive ketones (excluding diaryl/α,β-unsaturated/α-hetero) is 2. The Morgan fingerprint density at radius 1 is 1.07 bits per heavy atom. The van der Waals surface area contributed by atoms with Crippen LogP contribution in [0.1, 0.15) is 79.1 Å². The van der Waals surface area contributed by atoms with Gasteiger partial charge in [0.1, 0.15) is 17.5 Å². The van der Waals surface area contributed by atoms with E-state index in [9.17, 15) is 19.5 Å². The maximum atomic E-state index is 13.5. The van der Waals surface area contributed by atoms with Crippen molar-refractivity contribution in [2.45, 2.75) is 90.8 Å². The zero-order chi connectivity index (χ0) is 20.5. The first-order valence-electron chi connectivity index (χ1n) is 11.0. The zero-order valence-corrected chi connectivity index (χ0v) is 17.6. The quantitative estimate of drug-likeness (QED) is 0.730. The molecule has 4 rings (SSSR count). The van der Waals surface area contributed by atoms with Crippen molar-refractivity contribution in [3.63, 3.8) is 0 Å². The number of hydrogen-bond donors (Lipinski definition) is 1. The topological polar surface area (TPSA) is 80.7 Å². The van der Waals surface area contributed by atoms with Crippen molar-refractivity contribution in [2.75, 3.05) is 0 Å². The highest BCUT2D eigenvalue weighted by Gasteiger charge is 2.68. The Labute approximate surface area is 167 Å². The molecular formula is C23H34O5. The second-order valence-electron chi connectivity index (χ2n) is 10.5. The van der Waals surface area contributed by atoms with Crippen LogP contribution in [0.4, 0.5) is 0 Å². The number of ether oxygens (including phenoxy) is 1. The fourth-order valence-corrected chi connectivity index (χ4v) is 7.96. The lowest BCUT2D eigenvalue weighted by Crippen LogP contribution is -2.61. The van der Waals surface area contributed by atoms with Crippen molar-refractivity contribution in [1.29, 1.82) is 0 Å². The van der Waals surface area contributed by atoms with Crippen molar-refractivity contribution in [2.24, 2.45) is 34.5 Å². The molecule has 4 saturated carbocycles. The van der Waals surface area contributed by atoms with Gasteiger partial charge in [-0.15, -0.1) is 0 Å². The second kappa shape index (κ2) is 6.38. The Bertz CT molecular complexity index is 716. The normalized spacial score (nSPS) is 50.3. The summed E-state index contributed by atoms with van der Waals surface area (Å²) < 4.78 is 5.49. The van der Waals surface area contributed by atoms with Gasteiger partial charge in [0.25, 0.3) is 0 Å². The lowest BCUT2D eigenvalue weighted by atomic mass is 9.44. The van der Waals surface area contributed by atoms with E-state index < -0.39 is 11.0 Å². The molecule has 4 aliphatic rings. The summed E-state index contributed by atoms with van der Waals surface area (Å²) in [7, 11) is 0. The molecule has 8 atom stereocenters. The molecule has 28 heavy (non-hydrogen) atoms. The number of esters is 1. The standard InChI is InChI=1S/C23H34O5/c1-13(24)23(27)10-8-18-17-6-5-15-11-16(28-14(2)25)7-9-21(15,3)20(17)19(26)12-22(18,23)4/h15-18,20,27H,5-12H2,1-4H3/t15-,16-,17-,18-,20+,21-,22-,23-/m0/s1. The van der Waals surface area contributed by atoms with Crippen LogP contribution in [-0.2, 0) is 19.1 Å². The maximum absolute atomic E-state index is 13.5. The average Bonchev–Trinajstić information content (AvgIpc) is 2.86. The summed E-state index contributed by atoms with van der Waals surface area (Å²) in [4.78, 5) is 37.2.